The van der Waals surface area contributed by atoms with Crippen LogP contribution in [-0.2, 0) is 0 Å². The lowest BCUT2D eigenvalue weighted by Gasteiger charge is -2.23. The van der Waals surface area contributed by atoms with Crippen LogP contribution in [0.3, 0.4) is 0 Å². The van der Waals surface area contributed by atoms with Crippen molar-refractivity contribution < 1.29 is 4.79 Å². The average molecular weight is 276 g/mol. The molecule has 2 rings (SSSR count). The third-order valence-corrected chi connectivity index (χ3v) is 3.44. The number of hydrogen-bond acceptors (Lipinski definition) is 4. The summed E-state index contributed by atoms with van der Waals surface area (Å²) in [7, 11) is 4.08. The second-order valence-corrected chi connectivity index (χ2v) is 5.55. The number of nitrogens with zero attached hydrogens (tertiary/aromatic N) is 1. The molecule has 0 saturated carbocycles. The molecule has 1 aliphatic heterocycles. The molecule has 1 unspecified atom stereocenters. The third kappa shape index (κ3) is 3.63. The van der Waals surface area contributed by atoms with Crippen molar-refractivity contribution in [2.45, 2.75) is 19.4 Å². The number of carbonyl (C=O) groups is 1. The number of nitrogens with one attached hydrogen (secondary N) is 3. The Labute approximate surface area is 120 Å². The number of amides is 1. The van der Waals surface area contributed by atoms with Gasteiger partial charge in [0.1, 0.15) is 0 Å². The highest BCUT2D eigenvalue weighted by atomic mass is 16.1. The number of benzene rings is 1. The fourth-order valence-electron chi connectivity index (χ4n) is 2.29. The smallest absolute Gasteiger partial charge is 0.253 e. The van der Waals surface area contributed by atoms with Gasteiger partial charge < -0.3 is 20.9 Å². The molecular formula is C15H24N4O. The minimum absolute atomic E-state index is 0.00990. The van der Waals surface area contributed by atoms with Crippen molar-refractivity contribution in [2.24, 2.45) is 0 Å². The summed E-state index contributed by atoms with van der Waals surface area (Å²) >= 11 is 0. The molecule has 1 aromatic rings. The van der Waals surface area contributed by atoms with E-state index in [1.807, 2.05) is 39.2 Å². The molecule has 5 heteroatoms. The van der Waals surface area contributed by atoms with Gasteiger partial charge in [0.15, 0.2) is 0 Å². The van der Waals surface area contributed by atoms with Gasteiger partial charge in [-0.2, -0.15) is 0 Å². The average Bonchev–Trinajstić information content (AvgIpc) is 2.44. The van der Waals surface area contributed by atoms with Crippen LogP contribution >= 0.6 is 0 Å². The summed E-state index contributed by atoms with van der Waals surface area (Å²) in [5, 5.41) is 9.67. The van der Waals surface area contributed by atoms with Crippen LogP contribution in [0.2, 0.25) is 0 Å². The minimum Gasteiger partial charge on any atom is -0.382 e. The SMILES string of the molecule is CC(CCN(C)C)NC(=O)c1cccc2c1NCCN2. The Bertz CT molecular complexity index is 473. The van der Waals surface area contributed by atoms with Crippen molar-refractivity contribution in [1.29, 1.82) is 0 Å². The molecule has 1 amide bonds. The Morgan fingerprint density at radius 2 is 2.10 bits per heavy atom. The van der Waals surface area contributed by atoms with Crippen LogP contribution in [0.15, 0.2) is 18.2 Å². The molecule has 0 fully saturated rings. The van der Waals surface area contributed by atoms with Gasteiger partial charge in [-0.3, -0.25) is 4.79 Å². The van der Waals surface area contributed by atoms with E-state index in [0.717, 1.165) is 37.4 Å². The maximum absolute atomic E-state index is 12.4. The van der Waals surface area contributed by atoms with Crippen LogP contribution in [-0.4, -0.2) is 50.6 Å². The van der Waals surface area contributed by atoms with E-state index < -0.39 is 0 Å². The molecule has 0 aromatic heterocycles. The first-order valence-corrected chi connectivity index (χ1v) is 7.14. The topological polar surface area (TPSA) is 56.4 Å². The molecule has 0 radical (unpaired) electrons. The Morgan fingerprint density at radius 1 is 1.35 bits per heavy atom. The lowest BCUT2D eigenvalue weighted by Crippen LogP contribution is -2.35. The normalized spacial score (nSPS) is 15.0. The Morgan fingerprint density at radius 3 is 2.85 bits per heavy atom. The number of fused-ring (bicyclic) bond motifs is 1. The first-order valence-electron chi connectivity index (χ1n) is 7.14. The summed E-state index contributed by atoms with van der Waals surface area (Å²) in [6.07, 6.45) is 0.944. The van der Waals surface area contributed by atoms with E-state index in [2.05, 4.69) is 20.9 Å². The molecule has 20 heavy (non-hydrogen) atoms. The van der Waals surface area contributed by atoms with Gasteiger partial charge in [-0.05, 0) is 46.1 Å². The lowest BCUT2D eigenvalue weighted by atomic mass is 10.1. The maximum Gasteiger partial charge on any atom is 0.253 e. The van der Waals surface area contributed by atoms with E-state index >= 15 is 0 Å². The van der Waals surface area contributed by atoms with Crippen molar-refractivity contribution >= 4 is 17.3 Å². The van der Waals surface area contributed by atoms with Crippen molar-refractivity contribution in [3.63, 3.8) is 0 Å². The standard InChI is InChI=1S/C15H24N4O/c1-11(7-10-19(2)3)18-15(20)12-5-4-6-13-14(12)17-9-8-16-13/h4-6,11,16-17H,7-10H2,1-3H3,(H,18,20). The van der Waals surface area contributed by atoms with E-state index in [1.54, 1.807) is 0 Å². The highest BCUT2D eigenvalue weighted by molar-refractivity contribution is 6.02. The van der Waals surface area contributed by atoms with Gasteiger partial charge in [0.2, 0.25) is 0 Å². The number of hydrogen-bond donors (Lipinski definition) is 3. The first-order chi connectivity index (χ1) is 9.58. The number of rotatable bonds is 5. The van der Waals surface area contributed by atoms with Gasteiger partial charge in [-0.25, -0.2) is 0 Å². The Hall–Kier alpha value is -1.75. The van der Waals surface area contributed by atoms with Crippen molar-refractivity contribution in [3.05, 3.63) is 23.8 Å². The predicted octanol–water partition coefficient (Wildman–Crippen LogP) is 1.59. The molecule has 110 valence electrons. The number of para-hydroxylation sites is 1. The Kier molecular flexibility index (Phi) is 4.84. The summed E-state index contributed by atoms with van der Waals surface area (Å²) < 4.78 is 0. The highest BCUT2D eigenvalue weighted by Crippen LogP contribution is 2.28. The number of anilines is 2. The van der Waals surface area contributed by atoms with Crippen LogP contribution < -0.4 is 16.0 Å². The Balaban J connectivity index is 2.02. The van der Waals surface area contributed by atoms with Gasteiger partial charge in [0, 0.05) is 19.1 Å². The minimum atomic E-state index is -0.00990. The van der Waals surface area contributed by atoms with Crippen molar-refractivity contribution in [2.75, 3.05) is 44.4 Å². The fraction of sp³-hybridized carbons (Fsp3) is 0.533. The fourth-order valence-corrected chi connectivity index (χ4v) is 2.29. The third-order valence-electron chi connectivity index (χ3n) is 3.44. The molecule has 0 saturated heterocycles. The molecule has 0 aliphatic carbocycles. The summed E-state index contributed by atoms with van der Waals surface area (Å²) in [6, 6.07) is 5.94. The van der Waals surface area contributed by atoms with Gasteiger partial charge in [0.05, 0.1) is 16.9 Å². The molecule has 1 aliphatic rings. The first kappa shape index (κ1) is 14.7. The highest BCUT2D eigenvalue weighted by Gasteiger charge is 2.18. The van der Waals surface area contributed by atoms with Crippen LogP contribution in [0.4, 0.5) is 11.4 Å². The molecule has 1 aromatic carbocycles. The summed E-state index contributed by atoms with van der Waals surface area (Å²) in [4.78, 5) is 14.5. The predicted molar refractivity (Wildman–Crippen MR) is 83.5 cm³/mol. The van der Waals surface area contributed by atoms with Gasteiger partial charge in [-0.1, -0.05) is 6.07 Å². The second-order valence-electron chi connectivity index (χ2n) is 5.55. The van der Waals surface area contributed by atoms with E-state index in [1.165, 1.54) is 0 Å². The van der Waals surface area contributed by atoms with E-state index in [0.29, 0.717) is 5.56 Å². The maximum atomic E-state index is 12.4. The van der Waals surface area contributed by atoms with Gasteiger partial charge >= 0.3 is 0 Å². The van der Waals surface area contributed by atoms with Gasteiger partial charge in [-0.15, -0.1) is 0 Å². The summed E-state index contributed by atoms with van der Waals surface area (Å²) in [5.74, 6) is -0.00990. The van der Waals surface area contributed by atoms with Gasteiger partial charge in [0.25, 0.3) is 5.91 Å². The second kappa shape index (κ2) is 6.61. The molecule has 5 nitrogen and oxygen atoms in total. The van der Waals surface area contributed by atoms with Crippen LogP contribution in [0.1, 0.15) is 23.7 Å². The quantitative estimate of drug-likeness (QED) is 0.764. The van der Waals surface area contributed by atoms with E-state index in [-0.39, 0.29) is 11.9 Å². The van der Waals surface area contributed by atoms with Crippen LogP contribution in [0.25, 0.3) is 0 Å². The van der Waals surface area contributed by atoms with Crippen LogP contribution in [0, 0.1) is 0 Å². The molecule has 0 spiro atoms. The number of carbonyl (C=O) groups excluding carboxylic acids is 1. The summed E-state index contributed by atoms with van der Waals surface area (Å²) in [5.41, 5.74) is 2.63. The lowest BCUT2D eigenvalue weighted by molar-refractivity contribution is 0.0937. The van der Waals surface area contributed by atoms with Crippen LogP contribution in [0.5, 0.6) is 0 Å². The van der Waals surface area contributed by atoms with E-state index in [4.69, 9.17) is 0 Å². The molecule has 1 atom stereocenters. The largest absolute Gasteiger partial charge is 0.382 e. The zero-order valence-electron chi connectivity index (χ0n) is 12.5. The van der Waals surface area contributed by atoms with Crippen molar-refractivity contribution in [3.8, 4) is 0 Å². The molecule has 0 bridgehead atoms. The molecule has 3 N–H and O–H groups in total. The monoisotopic (exact) mass is 276 g/mol. The zero-order chi connectivity index (χ0) is 14.5. The van der Waals surface area contributed by atoms with E-state index in [9.17, 15) is 4.79 Å². The zero-order valence-corrected chi connectivity index (χ0v) is 12.5. The molecular weight excluding hydrogens is 252 g/mol. The molecule has 1 heterocycles. The van der Waals surface area contributed by atoms with Crippen molar-refractivity contribution in [1.82, 2.24) is 10.2 Å². The summed E-state index contributed by atoms with van der Waals surface area (Å²) in [6.45, 7) is 4.74.